The van der Waals surface area contributed by atoms with Crippen LogP contribution in [0.4, 0.5) is 0 Å². The predicted molar refractivity (Wildman–Crippen MR) is 57.1 cm³/mol. The smallest absolute Gasteiger partial charge is 0.0807 e. The van der Waals surface area contributed by atoms with Gasteiger partial charge in [-0.2, -0.15) is 0 Å². The van der Waals surface area contributed by atoms with E-state index in [4.69, 9.17) is 0 Å². The molecule has 1 aliphatic rings. The minimum atomic E-state index is -0.245. The van der Waals surface area contributed by atoms with Crippen LogP contribution in [0.3, 0.4) is 0 Å². The fourth-order valence-corrected chi connectivity index (χ4v) is 2.13. The molecule has 0 spiro atoms. The Morgan fingerprint density at radius 3 is 3.07 bits per heavy atom. The Morgan fingerprint density at radius 1 is 1.64 bits per heavy atom. The van der Waals surface area contributed by atoms with Crippen molar-refractivity contribution in [3.8, 4) is 0 Å². The van der Waals surface area contributed by atoms with E-state index in [2.05, 4.69) is 23.5 Å². The summed E-state index contributed by atoms with van der Waals surface area (Å²) < 4.78 is 2.13. The van der Waals surface area contributed by atoms with Crippen molar-refractivity contribution in [1.29, 1.82) is 0 Å². The van der Waals surface area contributed by atoms with Gasteiger partial charge in [-0.3, -0.25) is 0 Å². The first-order chi connectivity index (χ1) is 6.66. The van der Waals surface area contributed by atoms with Gasteiger partial charge in [0.15, 0.2) is 0 Å². The van der Waals surface area contributed by atoms with Crippen LogP contribution in [0, 0.1) is 0 Å². The zero-order valence-corrected chi connectivity index (χ0v) is 8.66. The van der Waals surface area contributed by atoms with E-state index in [-0.39, 0.29) is 6.10 Å². The molecule has 1 aromatic heterocycles. The van der Waals surface area contributed by atoms with Gasteiger partial charge >= 0.3 is 0 Å². The lowest BCUT2D eigenvalue weighted by Gasteiger charge is -2.16. The second kappa shape index (κ2) is 3.62. The Morgan fingerprint density at radius 2 is 2.43 bits per heavy atom. The van der Waals surface area contributed by atoms with Gasteiger partial charge in [0.1, 0.15) is 0 Å². The third kappa shape index (κ3) is 1.75. The summed E-state index contributed by atoms with van der Waals surface area (Å²) in [7, 11) is 0. The summed E-state index contributed by atoms with van der Waals surface area (Å²) in [5.74, 6) is 0. The van der Waals surface area contributed by atoms with Crippen LogP contribution in [0.15, 0.2) is 24.5 Å². The molecule has 1 aliphatic carbocycles. The zero-order valence-electron chi connectivity index (χ0n) is 8.66. The molecule has 1 N–H and O–H groups in total. The molecule has 1 aromatic rings. The average molecular weight is 191 g/mol. The number of aryl methyl sites for hydroxylation is 1. The first-order valence-corrected chi connectivity index (χ1v) is 5.18. The molecule has 0 saturated carbocycles. The van der Waals surface area contributed by atoms with E-state index in [0.717, 1.165) is 36.9 Å². The number of allylic oxidation sites excluding steroid dienone is 1. The van der Waals surface area contributed by atoms with E-state index >= 15 is 0 Å². The van der Waals surface area contributed by atoms with Crippen molar-refractivity contribution in [3.05, 3.63) is 35.7 Å². The van der Waals surface area contributed by atoms with Crippen molar-refractivity contribution in [1.82, 2.24) is 4.57 Å². The van der Waals surface area contributed by atoms with Crippen LogP contribution >= 0.6 is 0 Å². The highest BCUT2D eigenvalue weighted by Gasteiger charge is 2.19. The molecular formula is C12H17NO. The monoisotopic (exact) mass is 191 g/mol. The van der Waals surface area contributed by atoms with E-state index in [1.165, 1.54) is 5.56 Å². The van der Waals surface area contributed by atoms with E-state index < -0.39 is 0 Å². The quantitative estimate of drug-likeness (QED) is 0.714. The molecule has 14 heavy (non-hydrogen) atoms. The summed E-state index contributed by atoms with van der Waals surface area (Å²) in [5, 5.41) is 9.77. The molecule has 2 heteroatoms. The Balaban J connectivity index is 2.26. The van der Waals surface area contributed by atoms with Gasteiger partial charge in [0.25, 0.3) is 0 Å². The van der Waals surface area contributed by atoms with Crippen LogP contribution in [0.1, 0.15) is 37.0 Å². The number of nitrogens with zero attached hydrogens (tertiary/aromatic N) is 1. The maximum atomic E-state index is 9.77. The largest absolute Gasteiger partial charge is 0.388 e. The fraction of sp³-hybridized carbons (Fsp3) is 0.500. The Hall–Kier alpha value is -1.02. The molecule has 0 saturated heterocycles. The van der Waals surface area contributed by atoms with Gasteiger partial charge in [-0.1, -0.05) is 12.2 Å². The van der Waals surface area contributed by atoms with Gasteiger partial charge in [-0.05, 0) is 31.7 Å². The van der Waals surface area contributed by atoms with Crippen LogP contribution < -0.4 is 0 Å². The van der Waals surface area contributed by atoms with Crippen LogP contribution in [0.2, 0.25) is 0 Å². The average Bonchev–Trinajstić information content (AvgIpc) is 2.47. The van der Waals surface area contributed by atoms with Gasteiger partial charge in [-0.25, -0.2) is 0 Å². The molecule has 0 aromatic carbocycles. The number of aromatic nitrogens is 1. The molecule has 0 amide bonds. The van der Waals surface area contributed by atoms with Gasteiger partial charge in [0.05, 0.1) is 6.10 Å². The van der Waals surface area contributed by atoms with Gasteiger partial charge in [-0.15, -0.1) is 0 Å². The lowest BCUT2D eigenvalue weighted by atomic mass is 9.93. The van der Waals surface area contributed by atoms with Crippen molar-refractivity contribution < 1.29 is 5.11 Å². The van der Waals surface area contributed by atoms with Crippen molar-refractivity contribution in [2.45, 2.75) is 38.8 Å². The minimum Gasteiger partial charge on any atom is -0.388 e. The van der Waals surface area contributed by atoms with Crippen LogP contribution in [-0.2, 0) is 13.0 Å². The lowest BCUT2D eigenvalue weighted by Crippen LogP contribution is -2.05. The molecule has 0 bridgehead atoms. The molecular weight excluding hydrogens is 174 g/mol. The minimum absolute atomic E-state index is 0.245. The Kier molecular flexibility index (Phi) is 2.46. The second-order valence-electron chi connectivity index (χ2n) is 4.28. The molecule has 1 unspecified atom stereocenters. The van der Waals surface area contributed by atoms with E-state index in [1.54, 1.807) is 0 Å². The van der Waals surface area contributed by atoms with Crippen molar-refractivity contribution >= 4 is 0 Å². The fourth-order valence-electron chi connectivity index (χ4n) is 2.13. The van der Waals surface area contributed by atoms with Gasteiger partial charge in [0.2, 0.25) is 0 Å². The topological polar surface area (TPSA) is 25.2 Å². The molecule has 0 radical (unpaired) electrons. The summed E-state index contributed by atoms with van der Waals surface area (Å²) in [4.78, 5) is 0. The SMILES string of the molecule is C=C(C)Cn1cc2c(c1)C(O)CCC2. The number of hydrogen-bond donors (Lipinski definition) is 1. The van der Waals surface area contributed by atoms with E-state index in [9.17, 15) is 5.11 Å². The molecule has 2 rings (SSSR count). The number of hydrogen-bond acceptors (Lipinski definition) is 1. The molecule has 76 valence electrons. The lowest BCUT2D eigenvalue weighted by molar-refractivity contribution is 0.157. The number of rotatable bonds is 2. The normalized spacial score (nSPS) is 20.6. The Bertz CT molecular complexity index is 351. The van der Waals surface area contributed by atoms with Crippen molar-refractivity contribution in [2.24, 2.45) is 0 Å². The summed E-state index contributed by atoms with van der Waals surface area (Å²) >= 11 is 0. The first kappa shape index (κ1) is 9.53. The van der Waals surface area contributed by atoms with Crippen molar-refractivity contribution in [3.63, 3.8) is 0 Å². The predicted octanol–water partition coefficient (Wildman–Crippen LogP) is 2.43. The third-order valence-corrected chi connectivity index (χ3v) is 2.73. The summed E-state index contributed by atoms with van der Waals surface area (Å²) in [6.07, 6.45) is 7.08. The molecule has 1 atom stereocenters. The first-order valence-electron chi connectivity index (χ1n) is 5.18. The number of aliphatic hydroxyl groups is 1. The summed E-state index contributed by atoms with van der Waals surface area (Å²) in [6, 6.07) is 0. The third-order valence-electron chi connectivity index (χ3n) is 2.73. The highest BCUT2D eigenvalue weighted by Crippen LogP contribution is 2.30. The molecule has 2 nitrogen and oxygen atoms in total. The number of aliphatic hydroxyl groups excluding tert-OH is 1. The summed E-state index contributed by atoms with van der Waals surface area (Å²) in [6.45, 7) is 6.78. The highest BCUT2D eigenvalue weighted by molar-refractivity contribution is 5.29. The van der Waals surface area contributed by atoms with Gasteiger partial charge in [0, 0.05) is 24.5 Å². The second-order valence-corrected chi connectivity index (χ2v) is 4.28. The highest BCUT2D eigenvalue weighted by atomic mass is 16.3. The van der Waals surface area contributed by atoms with Crippen LogP contribution in [-0.4, -0.2) is 9.67 Å². The summed E-state index contributed by atoms with van der Waals surface area (Å²) in [5.41, 5.74) is 3.58. The van der Waals surface area contributed by atoms with E-state index in [0.29, 0.717) is 0 Å². The van der Waals surface area contributed by atoms with Gasteiger partial charge < -0.3 is 9.67 Å². The molecule has 1 heterocycles. The molecule has 0 fully saturated rings. The number of fused-ring (bicyclic) bond motifs is 1. The zero-order chi connectivity index (χ0) is 10.1. The Labute approximate surface area is 84.9 Å². The van der Waals surface area contributed by atoms with Crippen LogP contribution in [0.5, 0.6) is 0 Å². The molecule has 0 aliphatic heterocycles. The van der Waals surface area contributed by atoms with Crippen molar-refractivity contribution in [2.75, 3.05) is 0 Å². The maximum Gasteiger partial charge on any atom is 0.0807 e. The van der Waals surface area contributed by atoms with E-state index in [1.807, 2.05) is 6.92 Å². The maximum absolute atomic E-state index is 9.77. The van der Waals surface area contributed by atoms with Crippen LogP contribution in [0.25, 0.3) is 0 Å². The standard InChI is InChI=1S/C12H17NO/c1-9(2)6-13-7-10-4-3-5-12(14)11(10)8-13/h7-8,12,14H,1,3-6H2,2H3.